The van der Waals surface area contributed by atoms with E-state index in [2.05, 4.69) is 45.3 Å². The van der Waals surface area contributed by atoms with Gasteiger partial charge in [-0.2, -0.15) is 0 Å². The molecule has 0 unspecified atom stereocenters. The third-order valence-corrected chi connectivity index (χ3v) is 5.77. The van der Waals surface area contributed by atoms with E-state index in [9.17, 15) is 4.79 Å². The molecule has 2 aromatic heterocycles. The molecule has 1 aromatic carbocycles. The van der Waals surface area contributed by atoms with Crippen LogP contribution >= 0.6 is 0 Å². The van der Waals surface area contributed by atoms with E-state index in [0.29, 0.717) is 18.8 Å². The van der Waals surface area contributed by atoms with Gasteiger partial charge in [0.15, 0.2) is 5.69 Å². The first kappa shape index (κ1) is 17.3. The predicted molar refractivity (Wildman–Crippen MR) is 105 cm³/mol. The Hall–Kier alpha value is -2.83. The van der Waals surface area contributed by atoms with Crippen LogP contribution in [0.4, 0.5) is 0 Å². The molecule has 0 atom stereocenters. The van der Waals surface area contributed by atoms with Crippen molar-refractivity contribution in [3.05, 3.63) is 42.4 Å². The summed E-state index contributed by atoms with van der Waals surface area (Å²) >= 11 is 0. The molecule has 0 bridgehead atoms. The first-order valence-corrected chi connectivity index (χ1v) is 10.1. The second-order valence-corrected chi connectivity index (χ2v) is 7.99. The maximum Gasteiger partial charge on any atom is 0.276 e. The fourth-order valence-corrected chi connectivity index (χ4v) is 4.00. The van der Waals surface area contributed by atoms with Gasteiger partial charge in [-0.05, 0) is 37.0 Å². The van der Waals surface area contributed by atoms with Crippen molar-refractivity contribution in [2.24, 2.45) is 13.0 Å². The van der Waals surface area contributed by atoms with Crippen LogP contribution in [0.15, 0.2) is 36.7 Å². The Labute approximate surface area is 163 Å². The van der Waals surface area contributed by atoms with Crippen molar-refractivity contribution in [2.75, 3.05) is 13.1 Å². The van der Waals surface area contributed by atoms with Crippen LogP contribution in [0.25, 0.3) is 10.9 Å². The molecule has 28 heavy (non-hydrogen) atoms. The number of rotatable bonds is 5. The van der Waals surface area contributed by atoms with Crippen LogP contribution in [0, 0.1) is 5.92 Å². The van der Waals surface area contributed by atoms with E-state index in [0.717, 1.165) is 31.1 Å². The fourth-order valence-electron chi connectivity index (χ4n) is 4.00. The summed E-state index contributed by atoms with van der Waals surface area (Å²) in [6.07, 6.45) is 8.32. The lowest BCUT2D eigenvalue weighted by atomic mass is 10.1. The van der Waals surface area contributed by atoms with Crippen LogP contribution in [-0.4, -0.2) is 49.6 Å². The first-order chi connectivity index (χ1) is 13.7. The Kier molecular flexibility index (Phi) is 4.30. The molecular weight excluding hydrogens is 354 g/mol. The van der Waals surface area contributed by atoms with Crippen molar-refractivity contribution in [3.63, 3.8) is 0 Å². The molecule has 1 saturated heterocycles. The zero-order valence-electron chi connectivity index (χ0n) is 16.1. The van der Waals surface area contributed by atoms with Crippen LogP contribution in [0.1, 0.15) is 36.2 Å². The van der Waals surface area contributed by atoms with E-state index in [1.807, 2.05) is 4.90 Å². The number of fused-ring (bicyclic) bond motifs is 1. The monoisotopic (exact) mass is 379 g/mol. The number of nitrogens with zero attached hydrogens (tertiary/aromatic N) is 5. The normalized spacial score (nSPS) is 18.0. The van der Waals surface area contributed by atoms with Gasteiger partial charge in [-0.1, -0.05) is 11.3 Å². The minimum absolute atomic E-state index is 0.0502. The molecule has 2 fully saturated rings. The largest absolute Gasteiger partial charge is 0.490 e. The molecule has 7 nitrogen and oxygen atoms in total. The summed E-state index contributed by atoms with van der Waals surface area (Å²) in [5, 5.41) is 8.96. The summed E-state index contributed by atoms with van der Waals surface area (Å²) in [5.41, 5.74) is 1.66. The van der Waals surface area contributed by atoms with Crippen LogP contribution < -0.4 is 4.74 Å². The van der Waals surface area contributed by atoms with Gasteiger partial charge in [0.25, 0.3) is 5.91 Å². The Morgan fingerprint density at radius 1 is 1.18 bits per heavy atom. The predicted octanol–water partition coefficient (Wildman–Crippen LogP) is 2.86. The lowest BCUT2D eigenvalue weighted by Crippen LogP contribution is -2.42. The molecule has 2 aliphatic rings. The van der Waals surface area contributed by atoms with Crippen molar-refractivity contribution >= 4 is 16.8 Å². The standard InChI is InChI=1S/C21H25N5O2/c1-24-14-18(22-23-24)21(27)25-10-7-16(8-11-25)28-20-4-2-3-19-17(20)9-12-26(19)13-15-5-6-15/h2-4,9,12,14-16H,5-8,10-11,13H2,1H3. The molecule has 0 radical (unpaired) electrons. The highest BCUT2D eigenvalue weighted by Crippen LogP contribution is 2.34. The highest BCUT2D eigenvalue weighted by molar-refractivity contribution is 5.92. The number of benzene rings is 1. The molecular formula is C21H25N5O2. The minimum atomic E-state index is -0.0502. The van der Waals surface area contributed by atoms with Gasteiger partial charge in [0.2, 0.25) is 0 Å². The Balaban J connectivity index is 1.24. The minimum Gasteiger partial charge on any atom is -0.490 e. The molecule has 1 aliphatic carbocycles. The summed E-state index contributed by atoms with van der Waals surface area (Å²) < 4.78 is 10.3. The van der Waals surface area contributed by atoms with E-state index in [-0.39, 0.29) is 12.0 Å². The number of likely N-dealkylation sites (tertiary alicyclic amines) is 1. The van der Waals surface area contributed by atoms with Crippen molar-refractivity contribution in [3.8, 4) is 5.75 Å². The lowest BCUT2D eigenvalue weighted by molar-refractivity contribution is 0.0592. The highest BCUT2D eigenvalue weighted by Gasteiger charge is 2.27. The molecule has 3 aromatic rings. The van der Waals surface area contributed by atoms with Crippen molar-refractivity contribution < 1.29 is 9.53 Å². The lowest BCUT2D eigenvalue weighted by Gasteiger charge is -2.31. The molecule has 0 N–H and O–H groups in total. The molecule has 1 aliphatic heterocycles. The smallest absolute Gasteiger partial charge is 0.276 e. The summed E-state index contributed by atoms with van der Waals surface area (Å²) in [5.74, 6) is 1.74. The second kappa shape index (κ2) is 6.96. The SMILES string of the molecule is Cn1cc(C(=O)N2CCC(Oc3cccc4c3ccn4CC3CC3)CC2)nn1. The number of amides is 1. The van der Waals surface area contributed by atoms with Gasteiger partial charge in [-0.15, -0.1) is 5.10 Å². The number of hydrogen-bond donors (Lipinski definition) is 0. The van der Waals surface area contributed by atoms with Crippen LogP contribution in [-0.2, 0) is 13.6 Å². The third-order valence-electron chi connectivity index (χ3n) is 5.77. The summed E-state index contributed by atoms with van der Waals surface area (Å²) in [7, 11) is 1.77. The van der Waals surface area contributed by atoms with Gasteiger partial charge in [-0.25, -0.2) is 0 Å². The Bertz CT molecular complexity index is 995. The third kappa shape index (κ3) is 3.37. The molecule has 3 heterocycles. The summed E-state index contributed by atoms with van der Waals surface area (Å²) in [4.78, 5) is 14.4. The van der Waals surface area contributed by atoms with E-state index in [1.54, 1.807) is 17.9 Å². The van der Waals surface area contributed by atoms with E-state index in [4.69, 9.17) is 4.74 Å². The fraction of sp³-hybridized carbons (Fsp3) is 0.476. The van der Waals surface area contributed by atoms with E-state index in [1.165, 1.54) is 23.7 Å². The first-order valence-electron chi connectivity index (χ1n) is 10.1. The van der Waals surface area contributed by atoms with E-state index >= 15 is 0 Å². The molecule has 5 rings (SSSR count). The zero-order valence-corrected chi connectivity index (χ0v) is 16.1. The van der Waals surface area contributed by atoms with Gasteiger partial charge in [-0.3, -0.25) is 9.48 Å². The van der Waals surface area contributed by atoms with Gasteiger partial charge in [0.1, 0.15) is 11.9 Å². The number of aryl methyl sites for hydroxylation is 1. The topological polar surface area (TPSA) is 65.2 Å². The Morgan fingerprint density at radius 3 is 2.71 bits per heavy atom. The van der Waals surface area contributed by atoms with Crippen LogP contribution in [0.5, 0.6) is 5.75 Å². The summed E-state index contributed by atoms with van der Waals surface area (Å²) in [6, 6.07) is 8.47. The number of hydrogen-bond acceptors (Lipinski definition) is 4. The quantitative estimate of drug-likeness (QED) is 0.684. The molecule has 7 heteroatoms. The average Bonchev–Trinajstić information content (AvgIpc) is 3.27. The number of carbonyl (C=O) groups excluding carboxylic acids is 1. The molecule has 1 amide bonds. The molecule has 1 saturated carbocycles. The van der Waals surface area contributed by atoms with Crippen molar-refractivity contribution in [1.82, 2.24) is 24.5 Å². The zero-order chi connectivity index (χ0) is 19.1. The van der Waals surface area contributed by atoms with Crippen LogP contribution in [0.2, 0.25) is 0 Å². The molecule has 146 valence electrons. The summed E-state index contributed by atoms with van der Waals surface area (Å²) in [6.45, 7) is 2.47. The highest BCUT2D eigenvalue weighted by atomic mass is 16.5. The number of carbonyl (C=O) groups is 1. The van der Waals surface area contributed by atoms with Crippen molar-refractivity contribution in [2.45, 2.75) is 38.3 Å². The van der Waals surface area contributed by atoms with Gasteiger partial charge in [0.05, 0.1) is 11.7 Å². The maximum atomic E-state index is 12.5. The average molecular weight is 379 g/mol. The number of aromatic nitrogens is 4. The maximum absolute atomic E-state index is 12.5. The van der Waals surface area contributed by atoms with E-state index < -0.39 is 0 Å². The van der Waals surface area contributed by atoms with Gasteiger partial charge >= 0.3 is 0 Å². The van der Waals surface area contributed by atoms with Crippen molar-refractivity contribution in [1.29, 1.82) is 0 Å². The number of ether oxygens (including phenoxy) is 1. The Morgan fingerprint density at radius 2 is 2.00 bits per heavy atom. The van der Waals surface area contributed by atoms with Crippen LogP contribution in [0.3, 0.4) is 0 Å². The number of piperidine rings is 1. The molecule has 0 spiro atoms. The van der Waals surface area contributed by atoms with Gasteiger partial charge < -0.3 is 14.2 Å². The van der Waals surface area contributed by atoms with Gasteiger partial charge in [0, 0.05) is 51.1 Å². The second-order valence-electron chi connectivity index (χ2n) is 7.99.